The molecule has 0 saturated heterocycles. The van der Waals surface area contributed by atoms with E-state index in [1.807, 2.05) is 31.2 Å². The third-order valence-corrected chi connectivity index (χ3v) is 5.44. The molecule has 0 saturated carbocycles. The van der Waals surface area contributed by atoms with Crippen LogP contribution in [0.3, 0.4) is 0 Å². The number of thiazole rings is 1. The zero-order valence-corrected chi connectivity index (χ0v) is 18.4. The number of carbonyl (C=O) groups is 1. The first-order chi connectivity index (χ1) is 15.1. The molecule has 2 aromatic heterocycles. The number of hydrogen-bond acceptors (Lipinski definition) is 5. The van der Waals surface area contributed by atoms with Gasteiger partial charge in [0.05, 0.1) is 13.3 Å². The molecule has 164 valence electrons. The lowest BCUT2D eigenvalue weighted by Gasteiger charge is -2.11. The maximum Gasteiger partial charge on any atom is 0.314 e. The van der Waals surface area contributed by atoms with Crippen molar-refractivity contribution in [3.05, 3.63) is 69.9 Å². The maximum atomic E-state index is 13.2. The van der Waals surface area contributed by atoms with Gasteiger partial charge in [-0.2, -0.15) is 0 Å². The molecule has 0 unspecified atom stereocenters. The number of nitrogens with one attached hydrogen (secondary N) is 2. The maximum absolute atomic E-state index is 13.2. The summed E-state index contributed by atoms with van der Waals surface area (Å²) in [5.74, 6) is 0.875. The van der Waals surface area contributed by atoms with E-state index in [0.717, 1.165) is 40.8 Å². The Morgan fingerprint density at radius 3 is 2.71 bits per heavy atom. The fourth-order valence-corrected chi connectivity index (χ4v) is 3.91. The number of rotatable bonds is 9. The summed E-state index contributed by atoms with van der Waals surface area (Å²) >= 11 is 1.51. The van der Waals surface area contributed by atoms with Gasteiger partial charge in [-0.15, -0.1) is 11.3 Å². The van der Waals surface area contributed by atoms with Crippen LogP contribution in [-0.2, 0) is 13.0 Å². The van der Waals surface area contributed by atoms with E-state index in [2.05, 4.69) is 30.6 Å². The number of aromatic nitrogens is 2. The quantitative estimate of drug-likeness (QED) is 0.496. The van der Waals surface area contributed by atoms with Crippen molar-refractivity contribution < 1.29 is 13.9 Å². The minimum Gasteiger partial charge on any atom is -0.497 e. The molecule has 3 rings (SSSR count). The second-order valence-corrected chi connectivity index (χ2v) is 7.61. The van der Waals surface area contributed by atoms with E-state index in [1.54, 1.807) is 13.2 Å². The van der Waals surface area contributed by atoms with E-state index >= 15 is 0 Å². The molecule has 9 heteroatoms. The summed E-state index contributed by atoms with van der Waals surface area (Å²) in [6, 6.07) is 10.7. The highest BCUT2D eigenvalue weighted by Gasteiger charge is 2.08. The predicted molar refractivity (Wildman–Crippen MR) is 119 cm³/mol. The summed E-state index contributed by atoms with van der Waals surface area (Å²) in [5.41, 5.74) is 2.26. The minimum absolute atomic E-state index is 0.170. The molecule has 0 aliphatic rings. The average Bonchev–Trinajstić information content (AvgIpc) is 3.14. The van der Waals surface area contributed by atoms with Gasteiger partial charge in [-0.05, 0) is 43.2 Å². The highest BCUT2D eigenvalue weighted by molar-refractivity contribution is 7.07. The van der Waals surface area contributed by atoms with Crippen LogP contribution in [-0.4, -0.2) is 35.8 Å². The lowest BCUT2D eigenvalue weighted by Crippen LogP contribution is -2.36. The second-order valence-electron chi connectivity index (χ2n) is 6.77. The summed E-state index contributed by atoms with van der Waals surface area (Å²) < 4.78 is 20.5. The lowest BCUT2D eigenvalue weighted by molar-refractivity contribution is 0.241. The molecule has 1 aromatic carbocycles. The van der Waals surface area contributed by atoms with Crippen LogP contribution in [0.4, 0.5) is 15.0 Å². The molecule has 2 N–H and O–H groups in total. The molecule has 0 aliphatic heterocycles. The summed E-state index contributed by atoms with van der Waals surface area (Å²) in [6.07, 6.45) is 2.63. The number of benzene rings is 1. The van der Waals surface area contributed by atoms with E-state index in [4.69, 9.17) is 4.74 Å². The van der Waals surface area contributed by atoms with Crippen molar-refractivity contribution in [2.24, 2.45) is 4.99 Å². The van der Waals surface area contributed by atoms with E-state index in [9.17, 15) is 9.18 Å². The molecule has 3 aromatic rings. The van der Waals surface area contributed by atoms with E-state index in [1.165, 1.54) is 17.4 Å². The molecule has 2 amide bonds. The fourth-order valence-electron chi connectivity index (χ4n) is 2.98. The number of carbonyl (C=O) groups excluding carboxylic acids is 1. The first-order valence-electron chi connectivity index (χ1n) is 10.1. The molecular weight excluding hydrogens is 417 g/mol. The topological polar surface area (TPSA) is 80.5 Å². The normalized spacial score (nSPS) is 11.4. The third kappa shape index (κ3) is 6.65. The highest BCUT2D eigenvalue weighted by atomic mass is 32.1. The predicted octanol–water partition coefficient (Wildman–Crippen LogP) is 3.62. The first kappa shape index (κ1) is 22.5. The molecule has 2 heterocycles. The van der Waals surface area contributed by atoms with Gasteiger partial charge in [0.15, 0.2) is 10.6 Å². The van der Waals surface area contributed by atoms with Gasteiger partial charge in [0, 0.05) is 37.1 Å². The minimum atomic E-state index is -0.394. The van der Waals surface area contributed by atoms with Crippen molar-refractivity contribution in [1.29, 1.82) is 0 Å². The van der Waals surface area contributed by atoms with Gasteiger partial charge in [0.1, 0.15) is 11.6 Å². The van der Waals surface area contributed by atoms with Gasteiger partial charge < -0.3 is 19.9 Å². The van der Waals surface area contributed by atoms with Gasteiger partial charge in [-0.1, -0.05) is 12.1 Å². The van der Waals surface area contributed by atoms with E-state index < -0.39 is 5.82 Å². The Morgan fingerprint density at radius 2 is 2.03 bits per heavy atom. The van der Waals surface area contributed by atoms with Gasteiger partial charge >= 0.3 is 6.03 Å². The summed E-state index contributed by atoms with van der Waals surface area (Å²) in [5, 5.41) is 7.64. The Hall–Kier alpha value is -3.20. The Morgan fingerprint density at radius 1 is 1.23 bits per heavy atom. The van der Waals surface area contributed by atoms with Crippen LogP contribution < -0.4 is 20.2 Å². The van der Waals surface area contributed by atoms with Crippen molar-refractivity contribution >= 4 is 23.2 Å². The highest BCUT2D eigenvalue weighted by Crippen LogP contribution is 2.16. The molecule has 0 radical (unpaired) electrons. The first-order valence-corrected chi connectivity index (χ1v) is 10.9. The van der Waals surface area contributed by atoms with Crippen LogP contribution in [0.15, 0.2) is 53.0 Å². The summed E-state index contributed by atoms with van der Waals surface area (Å²) in [4.78, 5) is 21.0. The molecule has 0 bridgehead atoms. The molecule has 31 heavy (non-hydrogen) atoms. The van der Waals surface area contributed by atoms with E-state index in [0.29, 0.717) is 25.5 Å². The van der Waals surface area contributed by atoms with Crippen LogP contribution in [0, 0.1) is 5.82 Å². The number of nitrogens with zero attached hydrogens (tertiary/aromatic N) is 3. The Labute approximate surface area is 184 Å². The Bertz CT molecular complexity index is 1050. The zero-order valence-electron chi connectivity index (χ0n) is 17.6. The zero-order chi connectivity index (χ0) is 22.1. The van der Waals surface area contributed by atoms with Crippen molar-refractivity contribution in [2.45, 2.75) is 26.3 Å². The van der Waals surface area contributed by atoms with Crippen LogP contribution in [0.25, 0.3) is 0 Å². The van der Waals surface area contributed by atoms with E-state index in [-0.39, 0.29) is 6.03 Å². The molecule has 0 fully saturated rings. The number of methoxy groups -OCH3 is 1. The number of ether oxygens (including phenoxy) is 1. The number of pyridine rings is 1. The van der Waals surface area contributed by atoms with Crippen LogP contribution in [0.2, 0.25) is 0 Å². The second kappa shape index (κ2) is 11.3. The Kier molecular flexibility index (Phi) is 8.17. The number of amides is 2. The SMILES string of the molecule is CCNC(=O)NCCCn1c(Cc2ccc(OC)cc2)cs/c1=N\c1ccc(F)cn1. The smallest absolute Gasteiger partial charge is 0.314 e. The summed E-state index contributed by atoms with van der Waals surface area (Å²) in [7, 11) is 1.65. The number of urea groups is 1. The monoisotopic (exact) mass is 443 g/mol. The van der Waals surface area contributed by atoms with Gasteiger partial charge in [0.2, 0.25) is 0 Å². The fraction of sp³-hybridized carbons (Fsp3) is 0.318. The number of hydrogen-bond donors (Lipinski definition) is 2. The van der Waals surface area contributed by atoms with Gasteiger partial charge in [-0.3, -0.25) is 0 Å². The lowest BCUT2D eigenvalue weighted by atomic mass is 10.1. The average molecular weight is 444 g/mol. The molecule has 7 nitrogen and oxygen atoms in total. The molecule has 0 atom stereocenters. The van der Waals surface area contributed by atoms with Crippen molar-refractivity contribution in [2.75, 3.05) is 20.2 Å². The van der Waals surface area contributed by atoms with Crippen molar-refractivity contribution in [1.82, 2.24) is 20.2 Å². The largest absolute Gasteiger partial charge is 0.497 e. The third-order valence-electron chi connectivity index (χ3n) is 4.53. The Balaban J connectivity index is 1.80. The standard InChI is InChI=1S/C22H26FN5O2S/c1-3-24-21(29)25-11-4-12-28-18(13-16-5-8-19(30-2)9-6-16)15-31-22(28)27-20-10-7-17(23)14-26-20/h5-10,14-15H,3-4,11-13H2,1-2H3,(H2,24,25,29)/b27-22-. The summed E-state index contributed by atoms with van der Waals surface area (Å²) in [6.45, 7) is 3.70. The van der Waals surface area contributed by atoms with Crippen molar-refractivity contribution in [3.8, 4) is 5.75 Å². The van der Waals surface area contributed by atoms with Crippen LogP contribution in [0.5, 0.6) is 5.75 Å². The molecule has 0 aliphatic carbocycles. The molecule has 0 spiro atoms. The van der Waals surface area contributed by atoms with Crippen LogP contribution >= 0.6 is 11.3 Å². The van der Waals surface area contributed by atoms with Crippen LogP contribution in [0.1, 0.15) is 24.6 Å². The molecular formula is C22H26FN5O2S. The number of halogens is 1. The van der Waals surface area contributed by atoms with Crippen molar-refractivity contribution in [3.63, 3.8) is 0 Å². The van der Waals surface area contributed by atoms with Gasteiger partial charge in [-0.25, -0.2) is 19.2 Å². The van der Waals surface area contributed by atoms with Gasteiger partial charge in [0.25, 0.3) is 0 Å².